The Hall–Kier alpha value is -13.5. The third kappa shape index (κ3) is 24.8. The number of ether oxygens (including phenoxy) is 6. The average molecular weight is 1620 g/mol. The lowest BCUT2D eigenvalue weighted by molar-refractivity contribution is 0.308. The van der Waals surface area contributed by atoms with Crippen LogP contribution in [-0.2, 0) is 0 Å². The monoisotopic (exact) mass is 1620 g/mol. The van der Waals surface area contributed by atoms with Gasteiger partial charge in [0.1, 0.15) is 34.5 Å². The first kappa shape index (κ1) is 86.4. The van der Waals surface area contributed by atoms with Gasteiger partial charge in [-0.05, 0) is 204 Å². The van der Waals surface area contributed by atoms with Gasteiger partial charge in [0, 0.05) is 16.7 Å². The van der Waals surface area contributed by atoms with Gasteiger partial charge in [-0.15, -0.1) is 0 Å². The second kappa shape index (κ2) is 45.1. The maximum Gasteiger partial charge on any atom is 0.179 e. The summed E-state index contributed by atoms with van der Waals surface area (Å²) < 4.78 is 36.1. The molecular formula is C115H112O6Si. The summed E-state index contributed by atoms with van der Waals surface area (Å²) in [4.78, 5) is 0. The van der Waals surface area contributed by atoms with Crippen molar-refractivity contribution in [2.45, 2.75) is 87.0 Å². The molecule has 0 radical (unpaired) electrons. The van der Waals surface area contributed by atoms with Crippen LogP contribution in [0.15, 0.2) is 297 Å². The van der Waals surface area contributed by atoms with Crippen molar-refractivity contribution in [2.75, 3.05) is 39.6 Å². The third-order valence-corrected chi connectivity index (χ3v) is 25.9. The highest BCUT2D eigenvalue weighted by Gasteiger charge is 2.41. The summed E-state index contributed by atoms with van der Waals surface area (Å²) in [5, 5.41) is 5.24. The number of hydrogen-bond acceptors (Lipinski definition) is 6. The molecule has 612 valence electrons. The lowest BCUT2D eigenvalue weighted by atomic mass is 10.1. The SMILES string of the molecule is CCCOc1ccc(OCCC)c(/C=C/c2ccc(/C=C/c3ccc(/C=C/c4ccc([Si](c5ccc(C)cc5)(c5ccc(/C=C/c6ccc(/C=C/c7ccc(/C=C/c8cc(OCCC)ccc8OCCC)cc7)cc6)cc5)c5ccc(/C=C/c6ccc(/C=C/c7ccc(/C=C/c8cc(OCCC)ccc8OCCC)cc7)cc6)cc5)cc4)cc3)cc2)c1. The van der Waals surface area contributed by atoms with E-state index in [4.69, 9.17) is 28.4 Å². The summed E-state index contributed by atoms with van der Waals surface area (Å²) in [5.41, 5.74) is 21.2. The van der Waals surface area contributed by atoms with E-state index in [1.807, 2.05) is 36.4 Å². The normalized spacial score (nSPS) is 12.0. The van der Waals surface area contributed by atoms with E-state index in [1.165, 1.54) is 26.3 Å². The quantitative estimate of drug-likeness (QED) is 0.0217. The van der Waals surface area contributed by atoms with Crippen LogP contribution >= 0.6 is 0 Å². The topological polar surface area (TPSA) is 55.4 Å². The Morgan fingerprint density at radius 2 is 0.336 bits per heavy atom. The molecule has 0 saturated heterocycles. The summed E-state index contributed by atoms with van der Waals surface area (Å²) in [7, 11) is -2.99. The van der Waals surface area contributed by atoms with Crippen molar-refractivity contribution in [1.82, 2.24) is 0 Å². The number of hydrogen-bond donors (Lipinski definition) is 0. The van der Waals surface area contributed by atoms with E-state index in [2.05, 4.69) is 419 Å². The number of aryl methyl sites for hydroxylation is 1. The highest BCUT2D eigenvalue weighted by atomic mass is 28.3. The van der Waals surface area contributed by atoms with Gasteiger partial charge < -0.3 is 28.4 Å². The van der Waals surface area contributed by atoms with Crippen molar-refractivity contribution in [1.29, 1.82) is 0 Å². The summed E-state index contributed by atoms with van der Waals surface area (Å²) in [6.07, 6.45) is 44.8. The molecule has 13 aromatic rings. The van der Waals surface area contributed by atoms with Gasteiger partial charge in [-0.2, -0.15) is 0 Å². The molecule has 0 heterocycles. The molecule has 6 nitrogen and oxygen atoms in total. The molecule has 0 N–H and O–H groups in total. The van der Waals surface area contributed by atoms with Crippen molar-refractivity contribution in [3.8, 4) is 34.5 Å². The number of rotatable bonds is 40. The van der Waals surface area contributed by atoms with Gasteiger partial charge in [0.05, 0.1) is 39.6 Å². The fraction of sp³-hybridized carbons (Fsp3) is 0.165. The van der Waals surface area contributed by atoms with Gasteiger partial charge in [0.2, 0.25) is 0 Å². The van der Waals surface area contributed by atoms with E-state index in [9.17, 15) is 0 Å². The van der Waals surface area contributed by atoms with Crippen molar-refractivity contribution in [2.24, 2.45) is 0 Å². The van der Waals surface area contributed by atoms with Crippen LogP contribution < -0.4 is 49.2 Å². The second-order valence-corrected chi connectivity index (χ2v) is 34.5. The van der Waals surface area contributed by atoms with E-state index >= 15 is 0 Å². The highest BCUT2D eigenvalue weighted by molar-refractivity contribution is 7.19. The number of benzene rings is 13. The molecule has 0 aliphatic carbocycles. The first-order chi connectivity index (χ1) is 60.0. The van der Waals surface area contributed by atoms with E-state index < -0.39 is 8.07 Å². The zero-order valence-electron chi connectivity index (χ0n) is 71.6. The fourth-order valence-electron chi connectivity index (χ4n) is 14.3. The zero-order chi connectivity index (χ0) is 84.3. The predicted molar refractivity (Wildman–Crippen MR) is 528 cm³/mol. The Bertz CT molecular complexity index is 5210. The van der Waals surface area contributed by atoms with Crippen LogP contribution in [0.1, 0.15) is 186 Å². The molecule has 0 aliphatic heterocycles. The van der Waals surface area contributed by atoms with Crippen LogP contribution in [0.25, 0.3) is 109 Å². The van der Waals surface area contributed by atoms with Crippen molar-refractivity contribution in [3.63, 3.8) is 0 Å². The molecule has 0 unspecified atom stereocenters. The Morgan fingerprint density at radius 1 is 0.180 bits per heavy atom. The van der Waals surface area contributed by atoms with Gasteiger partial charge in [-0.1, -0.05) is 399 Å². The highest BCUT2D eigenvalue weighted by Crippen LogP contribution is 2.32. The molecule has 0 aromatic heterocycles. The maximum absolute atomic E-state index is 6.08. The van der Waals surface area contributed by atoms with Gasteiger partial charge in [-0.3, -0.25) is 0 Å². The predicted octanol–water partition coefficient (Wildman–Crippen LogP) is 27.6. The molecule has 0 amide bonds. The average Bonchev–Trinajstić information content (AvgIpc) is 0.730. The largest absolute Gasteiger partial charge is 0.494 e. The molecule has 0 bridgehead atoms. The van der Waals surface area contributed by atoms with Crippen LogP contribution in [0, 0.1) is 6.92 Å². The third-order valence-electron chi connectivity index (χ3n) is 21.1. The Kier molecular flexibility index (Phi) is 31.9. The first-order valence-corrected chi connectivity index (χ1v) is 45.3. The molecule has 0 fully saturated rings. The zero-order valence-corrected chi connectivity index (χ0v) is 72.6. The Morgan fingerprint density at radius 3 is 0.516 bits per heavy atom. The summed E-state index contributed by atoms with van der Waals surface area (Å²) in [6.45, 7) is 19.0. The summed E-state index contributed by atoms with van der Waals surface area (Å²) >= 11 is 0. The van der Waals surface area contributed by atoms with E-state index in [0.29, 0.717) is 39.6 Å². The Balaban J connectivity index is 0.711. The molecule has 13 rings (SSSR count). The van der Waals surface area contributed by atoms with E-state index in [1.54, 1.807) is 0 Å². The van der Waals surface area contributed by atoms with Crippen LogP contribution in [0.2, 0.25) is 0 Å². The lowest BCUT2D eigenvalue weighted by Crippen LogP contribution is -2.74. The maximum atomic E-state index is 6.08. The minimum Gasteiger partial charge on any atom is -0.494 e. The smallest absolute Gasteiger partial charge is 0.179 e. The molecule has 0 aliphatic rings. The Labute approximate surface area is 725 Å². The summed E-state index contributed by atoms with van der Waals surface area (Å²) in [5.74, 6) is 5.15. The van der Waals surface area contributed by atoms with Crippen molar-refractivity contribution >= 4 is 138 Å². The molecule has 13 aromatic carbocycles. The van der Waals surface area contributed by atoms with Crippen molar-refractivity contribution in [3.05, 3.63) is 403 Å². The molecule has 122 heavy (non-hydrogen) atoms. The lowest BCUT2D eigenvalue weighted by Gasteiger charge is -2.34. The van der Waals surface area contributed by atoms with Gasteiger partial charge >= 0.3 is 0 Å². The van der Waals surface area contributed by atoms with Crippen LogP contribution in [-0.4, -0.2) is 47.7 Å². The van der Waals surface area contributed by atoms with Crippen molar-refractivity contribution < 1.29 is 28.4 Å². The molecule has 0 saturated carbocycles. The standard InChI is InChI=1S/C115H112O6Si/c1-8-78-116-106-64-75-113(119-81-11-4)103(84-106)61-52-97-43-34-94(35-44-97)31-22-88-16-25-91(26-17-88)40-49-100-55-69-110(70-56-100)122(109-67-14-87(7)15-68-109,111-71-57-101(58-72-111)50-41-92-27-18-89(19-28-92)23-32-95-36-45-98(46-37-95)53-62-104-85-107(117-79-9-2)65-76-114(104)120-82-12-5)112-73-59-102(60-74-112)51-42-93-29-20-90(21-30-93)24-33-96-38-47-99(48-39-96)54-63-105-86-108(118-80-10-3)66-77-115(105)121-83-13-6/h14-77,84-86H,8-13,78-83H2,1-7H3/b31-22+,32-23+,33-24+,49-40+,50-41+,51-42+,61-52+,62-53+,63-54+. The van der Waals surface area contributed by atoms with Gasteiger partial charge in [0.25, 0.3) is 0 Å². The van der Waals surface area contributed by atoms with Crippen LogP contribution in [0.5, 0.6) is 34.5 Å². The van der Waals surface area contributed by atoms with Crippen LogP contribution in [0.4, 0.5) is 0 Å². The minimum atomic E-state index is -2.99. The molecule has 0 spiro atoms. The fourth-order valence-corrected chi connectivity index (χ4v) is 19.0. The first-order valence-electron chi connectivity index (χ1n) is 43.3. The van der Waals surface area contributed by atoms with Gasteiger partial charge in [0.15, 0.2) is 8.07 Å². The molecule has 7 heteroatoms. The minimum absolute atomic E-state index is 0.669. The van der Waals surface area contributed by atoms with Crippen LogP contribution in [0.3, 0.4) is 0 Å². The summed E-state index contributed by atoms with van der Waals surface area (Å²) in [6, 6.07) is 108. The van der Waals surface area contributed by atoms with E-state index in [-0.39, 0.29) is 0 Å². The molecular weight excluding hydrogens is 1510 g/mol. The second-order valence-electron chi connectivity index (χ2n) is 30.7. The van der Waals surface area contributed by atoms with Gasteiger partial charge in [-0.25, -0.2) is 0 Å². The van der Waals surface area contributed by atoms with E-state index in [0.717, 1.165) is 173 Å². The molecule has 0 atom stereocenters.